The third kappa shape index (κ3) is 3.25. The molecule has 0 radical (unpaired) electrons. The van der Waals surface area contributed by atoms with Crippen molar-refractivity contribution >= 4 is 0 Å². The molecular formula is C12H28N2. The molecule has 0 fully saturated rings. The monoisotopic (exact) mass is 200 g/mol. The summed E-state index contributed by atoms with van der Waals surface area (Å²) < 4.78 is 0. The minimum atomic E-state index is 0.263. The van der Waals surface area contributed by atoms with Gasteiger partial charge in [0, 0.05) is 12.1 Å². The predicted octanol–water partition coefficient (Wildman–Crippen LogP) is 2.63. The number of unbranched alkanes of at least 4 members (excludes halogenated alkanes) is 1. The summed E-state index contributed by atoms with van der Waals surface area (Å²) in [6.07, 6.45) is 4.98. The van der Waals surface area contributed by atoms with Crippen molar-refractivity contribution in [2.45, 2.75) is 58.9 Å². The van der Waals surface area contributed by atoms with Crippen LogP contribution < -0.4 is 5.73 Å². The Hall–Kier alpha value is -0.0800. The summed E-state index contributed by atoms with van der Waals surface area (Å²) in [6.45, 7) is 12.0. The molecule has 0 aromatic heterocycles. The van der Waals surface area contributed by atoms with Gasteiger partial charge in [-0.25, -0.2) is 0 Å². The van der Waals surface area contributed by atoms with Crippen molar-refractivity contribution < 1.29 is 0 Å². The maximum atomic E-state index is 5.97. The molecule has 0 bridgehead atoms. The maximum Gasteiger partial charge on any atom is 0.0328 e. The van der Waals surface area contributed by atoms with Gasteiger partial charge in [0.1, 0.15) is 0 Å². The van der Waals surface area contributed by atoms with Gasteiger partial charge >= 0.3 is 0 Å². The van der Waals surface area contributed by atoms with Gasteiger partial charge in [-0.15, -0.1) is 0 Å². The lowest BCUT2D eigenvalue weighted by atomic mass is 9.87. The molecular weight excluding hydrogens is 172 g/mol. The van der Waals surface area contributed by atoms with E-state index in [9.17, 15) is 0 Å². The van der Waals surface area contributed by atoms with Gasteiger partial charge < -0.3 is 5.73 Å². The van der Waals surface area contributed by atoms with E-state index < -0.39 is 0 Å². The Bertz CT molecular complexity index is 126. The molecule has 0 aliphatic heterocycles. The van der Waals surface area contributed by atoms with Crippen molar-refractivity contribution in [2.24, 2.45) is 5.73 Å². The van der Waals surface area contributed by atoms with Crippen LogP contribution in [0.2, 0.25) is 0 Å². The van der Waals surface area contributed by atoms with Gasteiger partial charge in [0.2, 0.25) is 0 Å². The van der Waals surface area contributed by atoms with E-state index in [1.165, 1.54) is 25.7 Å². The van der Waals surface area contributed by atoms with Crippen molar-refractivity contribution in [2.75, 3.05) is 19.6 Å². The molecule has 86 valence electrons. The zero-order valence-corrected chi connectivity index (χ0v) is 10.5. The van der Waals surface area contributed by atoms with Crippen LogP contribution in [-0.2, 0) is 0 Å². The van der Waals surface area contributed by atoms with Crippen LogP contribution in [0.25, 0.3) is 0 Å². The molecule has 14 heavy (non-hydrogen) atoms. The average molecular weight is 200 g/mol. The number of likely N-dealkylation sites (N-methyl/N-ethyl adjacent to an activating group) is 1. The lowest BCUT2D eigenvalue weighted by Crippen LogP contribution is -2.53. The molecule has 2 N–H and O–H groups in total. The number of hydrogen-bond acceptors (Lipinski definition) is 2. The maximum absolute atomic E-state index is 5.97. The first-order valence-corrected chi connectivity index (χ1v) is 6.15. The summed E-state index contributed by atoms with van der Waals surface area (Å²) in [5, 5.41) is 0. The Kier molecular flexibility index (Phi) is 7.20. The number of hydrogen-bond donors (Lipinski definition) is 1. The van der Waals surface area contributed by atoms with Gasteiger partial charge in [-0.1, -0.05) is 40.5 Å². The first-order valence-electron chi connectivity index (χ1n) is 6.15. The van der Waals surface area contributed by atoms with Gasteiger partial charge in [0.05, 0.1) is 0 Å². The molecule has 1 unspecified atom stereocenters. The molecule has 0 spiro atoms. The van der Waals surface area contributed by atoms with E-state index in [0.717, 1.165) is 19.6 Å². The quantitative estimate of drug-likeness (QED) is 0.652. The fraction of sp³-hybridized carbons (Fsp3) is 1.00. The summed E-state index contributed by atoms with van der Waals surface area (Å²) in [4.78, 5) is 2.53. The van der Waals surface area contributed by atoms with Gasteiger partial charge in [0.25, 0.3) is 0 Å². The highest BCUT2D eigenvalue weighted by Crippen LogP contribution is 2.25. The summed E-state index contributed by atoms with van der Waals surface area (Å²) in [6, 6.07) is 0. The highest BCUT2D eigenvalue weighted by atomic mass is 15.2. The third-order valence-electron chi connectivity index (χ3n) is 3.47. The molecule has 0 saturated carbocycles. The van der Waals surface area contributed by atoms with Crippen LogP contribution >= 0.6 is 0 Å². The summed E-state index contributed by atoms with van der Waals surface area (Å²) in [7, 11) is 0. The predicted molar refractivity (Wildman–Crippen MR) is 64.5 cm³/mol. The van der Waals surface area contributed by atoms with Crippen molar-refractivity contribution in [3.63, 3.8) is 0 Å². The third-order valence-corrected chi connectivity index (χ3v) is 3.47. The molecule has 0 aromatic carbocycles. The van der Waals surface area contributed by atoms with E-state index in [4.69, 9.17) is 5.73 Å². The Labute approximate surface area is 89.9 Å². The van der Waals surface area contributed by atoms with E-state index in [1.54, 1.807) is 0 Å². The highest BCUT2D eigenvalue weighted by Gasteiger charge is 2.30. The zero-order chi connectivity index (χ0) is 11.0. The van der Waals surface area contributed by atoms with Gasteiger partial charge in [0.15, 0.2) is 0 Å². The fourth-order valence-electron chi connectivity index (χ4n) is 2.33. The van der Waals surface area contributed by atoms with E-state index in [0.29, 0.717) is 0 Å². The fourth-order valence-corrected chi connectivity index (χ4v) is 2.33. The molecule has 1 atom stereocenters. The smallest absolute Gasteiger partial charge is 0.0328 e. The van der Waals surface area contributed by atoms with Crippen LogP contribution in [0.3, 0.4) is 0 Å². The van der Waals surface area contributed by atoms with Crippen LogP contribution in [0.5, 0.6) is 0 Å². The van der Waals surface area contributed by atoms with Gasteiger partial charge in [-0.2, -0.15) is 0 Å². The van der Waals surface area contributed by atoms with E-state index >= 15 is 0 Å². The average Bonchev–Trinajstić information content (AvgIpc) is 2.24. The Morgan fingerprint density at radius 2 is 1.64 bits per heavy atom. The molecule has 0 rings (SSSR count). The molecule has 0 aromatic rings. The second-order valence-corrected chi connectivity index (χ2v) is 4.06. The Morgan fingerprint density at radius 3 is 1.93 bits per heavy atom. The highest BCUT2D eigenvalue weighted by molar-refractivity contribution is 4.89. The SMILES string of the molecule is CCCCC(CC)(CN)N(CC)CC. The zero-order valence-electron chi connectivity index (χ0n) is 10.5. The first kappa shape index (κ1) is 13.9. The van der Waals surface area contributed by atoms with Crippen LogP contribution in [-0.4, -0.2) is 30.1 Å². The molecule has 0 amide bonds. The lowest BCUT2D eigenvalue weighted by molar-refractivity contribution is 0.0898. The van der Waals surface area contributed by atoms with Crippen molar-refractivity contribution in [1.29, 1.82) is 0 Å². The summed E-state index contributed by atoms with van der Waals surface area (Å²) in [5.74, 6) is 0. The van der Waals surface area contributed by atoms with Crippen LogP contribution in [0.4, 0.5) is 0 Å². The summed E-state index contributed by atoms with van der Waals surface area (Å²) in [5.41, 5.74) is 6.23. The number of nitrogens with zero attached hydrogens (tertiary/aromatic N) is 1. The second kappa shape index (κ2) is 7.24. The normalized spacial score (nSPS) is 15.9. The molecule has 2 nitrogen and oxygen atoms in total. The lowest BCUT2D eigenvalue weighted by Gasteiger charge is -2.42. The van der Waals surface area contributed by atoms with Gasteiger partial charge in [-0.3, -0.25) is 4.90 Å². The molecule has 2 heteroatoms. The van der Waals surface area contributed by atoms with Crippen molar-refractivity contribution in [3.8, 4) is 0 Å². The Morgan fingerprint density at radius 1 is 1.07 bits per heavy atom. The second-order valence-electron chi connectivity index (χ2n) is 4.06. The molecule has 0 heterocycles. The number of rotatable bonds is 8. The van der Waals surface area contributed by atoms with Crippen LogP contribution in [0, 0.1) is 0 Å². The minimum Gasteiger partial charge on any atom is -0.329 e. The van der Waals surface area contributed by atoms with Crippen LogP contribution in [0.15, 0.2) is 0 Å². The first-order chi connectivity index (χ1) is 6.70. The van der Waals surface area contributed by atoms with Crippen LogP contribution in [0.1, 0.15) is 53.4 Å². The standard InChI is InChI=1S/C12H28N2/c1-5-9-10-12(6-2,11-13)14(7-3)8-4/h5-11,13H2,1-4H3. The van der Waals surface area contributed by atoms with E-state index in [2.05, 4.69) is 32.6 Å². The van der Waals surface area contributed by atoms with Crippen molar-refractivity contribution in [1.82, 2.24) is 4.90 Å². The topological polar surface area (TPSA) is 29.3 Å². The van der Waals surface area contributed by atoms with E-state index in [-0.39, 0.29) is 5.54 Å². The summed E-state index contributed by atoms with van der Waals surface area (Å²) >= 11 is 0. The molecule has 0 saturated heterocycles. The Balaban J connectivity index is 4.47. The van der Waals surface area contributed by atoms with E-state index in [1.807, 2.05) is 0 Å². The molecule has 0 aliphatic carbocycles. The molecule has 0 aliphatic rings. The number of nitrogens with two attached hydrogens (primary N) is 1. The largest absolute Gasteiger partial charge is 0.329 e. The minimum absolute atomic E-state index is 0.263. The van der Waals surface area contributed by atoms with Gasteiger partial charge in [-0.05, 0) is 25.9 Å². The van der Waals surface area contributed by atoms with Crippen molar-refractivity contribution in [3.05, 3.63) is 0 Å².